The molecule has 0 unspecified atom stereocenters. The Bertz CT molecular complexity index is 757. The first-order valence-corrected chi connectivity index (χ1v) is 7.36. The molecule has 0 amide bonds. The molecule has 0 atom stereocenters. The molecule has 0 saturated carbocycles. The minimum absolute atomic E-state index is 0.0211. The van der Waals surface area contributed by atoms with E-state index in [1.165, 1.54) is 0 Å². The van der Waals surface area contributed by atoms with Gasteiger partial charge in [0, 0.05) is 5.69 Å². The van der Waals surface area contributed by atoms with E-state index < -0.39 is 5.97 Å². The Morgan fingerprint density at radius 2 is 1.88 bits per heavy atom. The number of nitrogens with one attached hydrogen (secondary N) is 1. The predicted molar refractivity (Wildman–Crippen MR) is 95.4 cm³/mol. The number of nitrogens with zero attached hydrogens (tertiary/aromatic N) is 2. The SMILES string of the molecule is CCOC(=O)c1cccc(N/C(N)=N/C(N)=Nc2ccccc2)c1. The quantitative estimate of drug-likeness (QED) is 0.453. The van der Waals surface area contributed by atoms with Crippen molar-refractivity contribution in [2.75, 3.05) is 11.9 Å². The highest BCUT2D eigenvalue weighted by Crippen LogP contribution is 2.12. The predicted octanol–water partition coefficient (Wildman–Crippen LogP) is 2.24. The van der Waals surface area contributed by atoms with E-state index in [9.17, 15) is 4.79 Å². The van der Waals surface area contributed by atoms with Gasteiger partial charge >= 0.3 is 5.97 Å². The monoisotopic (exact) mass is 325 g/mol. The molecule has 0 aromatic heterocycles. The highest BCUT2D eigenvalue weighted by molar-refractivity contribution is 6.01. The van der Waals surface area contributed by atoms with Crippen molar-refractivity contribution in [3.63, 3.8) is 0 Å². The molecule has 124 valence electrons. The number of aliphatic imine (C=N–C) groups is 2. The first-order chi connectivity index (χ1) is 11.6. The number of hydrogen-bond acceptors (Lipinski definition) is 3. The maximum absolute atomic E-state index is 11.7. The molecule has 0 saturated heterocycles. The summed E-state index contributed by atoms with van der Waals surface area (Å²) in [4.78, 5) is 19.8. The van der Waals surface area contributed by atoms with Crippen LogP contribution in [-0.2, 0) is 4.74 Å². The summed E-state index contributed by atoms with van der Waals surface area (Å²) in [5.74, 6) is -0.317. The van der Waals surface area contributed by atoms with Crippen molar-refractivity contribution in [1.29, 1.82) is 0 Å². The van der Waals surface area contributed by atoms with Gasteiger partial charge in [-0.3, -0.25) is 0 Å². The number of benzene rings is 2. The molecule has 2 aromatic rings. The Morgan fingerprint density at radius 1 is 1.12 bits per heavy atom. The second-order valence-corrected chi connectivity index (χ2v) is 4.73. The van der Waals surface area contributed by atoms with Crippen molar-refractivity contribution in [3.05, 3.63) is 60.2 Å². The molecule has 0 radical (unpaired) electrons. The van der Waals surface area contributed by atoms with Gasteiger partial charge in [0.2, 0.25) is 11.9 Å². The Hall–Kier alpha value is -3.35. The fraction of sp³-hybridized carbons (Fsp3) is 0.118. The second-order valence-electron chi connectivity index (χ2n) is 4.73. The fourth-order valence-corrected chi connectivity index (χ4v) is 1.90. The first-order valence-electron chi connectivity index (χ1n) is 7.36. The summed E-state index contributed by atoms with van der Waals surface area (Å²) in [6, 6.07) is 15.9. The van der Waals surface area contributed by atoms with Gasteiger partial charge in [-0.1, -0.05) is 24.3 Å². The van der Waals surface area contributed by atoms with Crippen molar-refractivity contribution in [2.45, 2.75) is 6.92 Å². The van der Waals surface area contributed by atoms with Crippen molar-refractivity contribution in [1.82, 2.24) is 0 Å². The zero-order chi connectivity index (χ0) is 17.4. The Labute approximate surface area is 140 Å². The van der Waals surface area contributed by atoms with E-state index in [0.717, 1.165) is 0 Å². The molecule has 5 N–H and O–H groups in total. The average Bonchev–Trinajstić information content (AvgIpc) is 2.56. The van der Waals surface area contributed by atoms with Crippen LogP contribution in [0.2, 0.25) is 0 Å². The van der Waals surface area contributed by atoms with E-state index in [1.807, 2.05) is 18.2 Å². The van der Waals surface area contributed by atoms with E-state index >= 15 is 0 Å². The number of guanidine groups is 2. The molecule has 0 aliphatic carbocycles. The van der Waals surface area contributed by atoms with Gasteiger partial charge in [-0.15, -0.1) is 0 Å². The maximum atomic E-state index is 11.7. The van der Waals surface area contributed by atoms with Gasteiger partial charge in [0.05, 0.1) is 17.9 Å². The molecule has 24 heavy (non-hydrogen) atoms. The first kappa shape index (κ1) is 17.0. The molecule has 2 aromatic carbocycles. The molecule has 0 aliphatic rings. The van der Waals surface area contributed by atoms with Crippen molar-refractivity contribution in [3.8, 4) is 0 Å². The minimum atomic E-state index is -0.401. The van der Waals surface area contributed by atoms with Crippen LogP contribution in [0.15, 0.2) is 64.6 Å². The molecule has 0 bridgehead atoms. The summed E-state index contributed by atoms with van der Waals surface area (Å²) in [6.45, 7) is 2.06. The molecular weight excluding hydrogens is 306 g/mol. The van der Waals surface area contributed by atoms with E-state index in [2.05, 4.69) is 15.3 Å². The van der Waals surface area contributed by atoms with Crippen molar-refractivity contribution >= 4 is 29.3 Å². The number of nitrogens with two attached hydrogens (primary N) is 2. The van der Waals surface area contributed by atoms with Gasteiger partial charge in [0.15, 0.2) is 0 Å². The Balaban J connectivity index is 2.08. The van der Waals surface area contributed by atoms with Crippen LogP contribution in [-0.4, -0.2) is 24.5 Å². The topological polar surface area (TPSA) is 115 Å². The summed E-state index contributed by atoms with van der Waals surface area (Å²) in [5, 5.41) is 2.86. The third-order valence-electron chi connectivity index (χ3n) is 2.88. The lowest BCUT2D eigenvalue weighted by molar-refractivity contribution is 0.0526. The van der Waals surface area contributed by atoms with E-state index in [-0.39, 0.29) is 11.9 Å². The Kier molecular flexibility index (Phi) is 5.90. The molecule has 7 heteroatoms. The van der Waals surface area contributed by atoms with Crippen LogP contribution < -0.4 is 16.8 Å². The van der Waals surface area contributed by atoms with Crippen LogP contribution in [0.25, 0.3) is 0 Å². The number of hydrogen-bond donors (Lipinski definition) is 3. The number of esters is 1. The summed E-state index contributed by atoms with van der Waals surface area (Å²) >= 11 is 0. The smallest absolute Gasteiger partial charge is 0.338 e. The van der Waals surface area contributed by atoms with Crippen LogP contribution >= 0.6 is 0 Å². The largest absolute Gasteiger partial charge is 0.462 e. The van der Waals surface area contributed by atoms with Crippen LogP contribution in [0.1, 0.15) is 17.3 Å². The molecule has 0 heterocycles. The molecule has 7 nitrogen and oxygen atoms in total. The highest BCUT2D eigenvalue weighted by atomic mass is 16.5. The van der Waals surface area contributed by atoms with Gasteiger partial charge in [-0.25, -0.2) is 9.79 Å². The normalized spacial score (nSPS) is 11.9. The maximum Gasteiger partial charge on any atom is 0.338 e. The molecule has 0 fully saturated rings. The van der Waals surface area contributed by atoms with E-state index in [1.54, 1.807) is 43.3 Å². The van der Waals surface area contributed by atoms with Gasteiger partial charge < -0.3 is 21.5 Å². The van der Waals surface area contributed by atoms with Gasteiger partial charge in [0.1, 0.15) is 0 Å². The average molecular weight is 325 g/mol. The standard InChI is InChI=1S/C17H19N5O2/c1-2-24-15(23)12-7-6-10-14(11-12)21-17(19)22-16(18)20-13-8-4-3-5-9-13/h3-11H,2H2,1H3,(H5,18,19,20,21,22). The number of carbonyl (C=O) groups is 1. The number of rotatable bonds is 4. The lowest BCUT2D eigenvalue weighted by Crippen LogP contribution is -2.26. The summed E-state index contributed by atoms with van der Waals surface area (Å²) in [6.07, 6.45) is 0. The second kappa shape index (κ2) is 8.33. The molecule has 0 aliphatic heterocycles. The highest BCUT2D eigenvalue weighted by Gasteiger charge is 2.07. The third-order valence-corrected chi connectivity index (χ3v) is 2.88. The van der Waals surface area contributed by atoms with Crippen LogP contribution in [0, 0.1) is 0 Å². The summed E-state index contributed by atoms with van der Waals surface area (Å²) < 4.78 is 4.95. The van der Waals surface area contributed by atoms with E-state index in [0.29, 0.717) is 23.5 Å². The van der Waals surface area contributed by atoms with Crippen molar-refractivity contribution < 1.29 is 9.53 Å². The van der Waals surface area contributed by atoms with Gasteiger partial charge in [-0.05, 0) is 37.3 Å². The van der Waals surface area contributed by atoms with E-state index in [4.69, 9.17) is 16.2 Å². The number of ether oxygens (including phenoxy) is 1. The zero-order valence-corrected chi connectivity index (χ0v) is 13.3. The van der Waals surface area contributed by atoms with Crippen LogP contribution in [0.3, 0.4) is 0 Å². The molecule has 2 rings (SSSR count). The van der Waals surface area contributed by atoms with Crippen LogP contribution in [0.4, 0.5) is 11.4 Å². The zero-order valence-electron chi connectivity index (χ0n) is 13.3. The molecular formula is C17H19N5O2. The number of para-hydroxylation sites is 1. The summed E-state index contributed by atoms with van der Waals surface area (Å²) in [7, 11) is 0. The number of anilines is 1. The summed E-state index contributed by atoms with van der Waals surface area (Å²) in [5.41, 5.74) is 13.2. The lowest BCUT2D eigenvalue weighted by atomic mass is 10.2. The van der Waals surface area contributed by atoms with Crippen molar-refractivity contribution in [2.24, 2.45) is 21.5 Å². The van der Waals surface area contributed by atoms with Crippen LogP contribution in [0.5, 0.6) is 0 Å². The minimum Gasteiger partial charge on any atom is -0.462 e. The third kappa shape index (κ3) is 5.13. The van der Waals surface area contributed by atoms with Gasteiger partial charge in [0.25, 0.3) is 0 Å². The molecule has 0 spiro atoms. The number of carbonyl (C=O) groups excluding carboxylic acids is 1. The van der Waals surface area contributed by atoms with Gasteiger partial charge in [-0.2, -0.15) is 4.99 Å². The lowest BCUT2D eigenvalue weighted by Gasteiger charge is -2.07. The Morgan fingerprint density at radius 3 is 2.58 bits per heavy atom. The fourth-order valence-electron chi connectivity index (χ4n) is 1.90.